The molecule has 0 bridgehead atoms. The summed E-state index contributed by atoms with van der Waals surface area (Å²) in [6, 6.07) is 9.03. The molecule has 4 rings (SSSR count). The zero-order valence-electron chi connectivity index (χ0n) is 11.5. The van der Waals surface area contributed by atoms with Crippen molar-refractivity contribution in [3.05, 3.63) is 30.5 Å². The third kappa shape index (κ3) is 2.03. The van der Waals surface area contributed by atoms with Crippen LogP contribution in [0.5, 0.6) is 0 Å². The summed E-state index contributed by atoms with van der Waals surface area (Å²) >= 11 is 0. The summed E-state index contributed by atoms with van der Waals surface area (Å²) in [6.07, 6.45) is 1.84. The summed E-state index contributed by atoms with van der Waals surface area (Å²) < 4.78 is 0. The van der Waals surface area contributed by atoms with E-state index in [9.17, 15) is 0 Å². The van der Waals surface area contributed by atoms with E-state index < -0.39 is 0 Å². The van der Waals surface area contributed by atoms with Crippen molar-refractivity contribution in [1.82, 2.24) is 20.4 Å². The number of fused-ring (bicyclic) bond motifs is 1. The lowest BCUT2D eigenvalue weighted by atomic mass is 10.0. The first kappa shape index (κ1) is 12.1. The van der Waals surface area contributed by atoms with Gasteiger partial charge in [-0.25, -0.2) is 0 Å². The molecule has 0 unspecified atom stereocenters. The molecule has 3 heterocycles. The van der Waals surface area contributed by atoms with Crippen molar-refractivity contribution in [2.75, 3.05) is 44.2 Å². The Kier molecular flexibility index (Phi) is 3.01. The minimum atomic E-state index is 0.679. The fraction of sp³-hybridized carbons (Fsp3) is 0.467. The molecule has 2 aliphatic rings. The summed E-state index contributed by atoms with van der Waals surface area (Å²) in [6.45, 7) is 6.71. The van der Waals surface area contributed by atoms with Crippen molar-refractivity contribution in [3.63, 3.8) is 0 Å². The number of nitrogens with one attached hydrogen (secondary N) is 1. The lowest BCUT2D eigenvalue weighted by molar-refractivity contribution is 0.147. The van der Waals surface area contributed by atoms with Crippen molar-refractivity contribution < 1.29 is 0 Å². The van der Waals surface area contributed by atoms with E-state index in [1.54, 1.807) is 0 Å². The largest absolute Gasteiger partial charge is 0.351 e. The van der Waals surface area contributed by atoms with Crippen LogP contribution in [0, 0.1) is 0 Å². The van der Waals surface area contributed by atoms with E-state index in [1.165, 1.54) is 23.9 Å². The molecule has 0 spiro atoms. The van der Waals surface area contributed by atoms with Gasteiger partial charge in [0.25, 0.3) is 0 Å². The second kappa shape index (κ2) is 5.00. The molecule has 0 atom stereocenters. The van der Waals surface area contributed by atoms with Crippen molar-refractivity contribution in [2.24, 2.45) is 0 Å². The van der Waals surface area contributed by atoms with Gasteiger partial charge in [-0.05, 0) is 0 Å². The Balaban J connectivity index is 1.51. The fourth-order valence-electron chi connectivity index (χ4n) is 3.15. The number of anilines is 1. The first-order valence-corrected chi connectivity index (χ1v) is 7.32. The van der Waals surface area contributed by atoms with Crippen LogP contribution in [0.3, 0.4) is 0 Å². The van der Waals surface area contributed by atoms with Crippen molar-refractivity contribution >= 4 is 16.6 Å². The molecule has 0 amide bonds. The molecule has 0 aliphatic carbocycles. The third-order valence-corrected chi connectivity index (χ3v) is 4.38. The number of hydrogen-bond acceptors (Lipinski definition) is 5. The van der Waals surface area contributed by atoms with Crippen LogP contribution in [0.1, 0.15) is 0 Å². The van der Waals surface area contributed by atoms with E-state index in [-0.39, 0.29) is 0 Å². The predicted molar refractivity (Wildman–Crippen MR) is 80.0 cm³/mol. The second-order valence-electron chi connectivity index (χ2n) is 5.60. The van der Waals surface area contributed by atoms with Gasteiger partial charge >= 0.3 is 0 Å². The van der Waals surface area contributed by atoms with E-state index in [0.717, 1.165) is 32.0 Å². The Hall–Kier alpha value is -1.72. The van der Waals surface area contributed by atoms with E-state index in [1.807, 2.05) is 12.3 Å². The quantitative estimate of drug-likeness (QED) is 0.870. The van der Waals surface area contributed by atoms with Crippen LogP contribution < -0.4 is 10.2 Å². The molecule has 5 nitrogen and oxygen atoms in total. The Morgan fingerprint density at radius 2 is 1.90 bits per heavy atom. The Bertz CT molecular complexity index is 597. The lowest BCUT2D eigenvalue weighted by Gasteiger charge is -2.47. The van der Waals surface area contributed by atoms with Gasteiger partial charge in [0.2, 0.25) is 0 Å². The summed E-state index contributed by atoms with van der Waals surface area (Å²) in [5.41, 5.74) is 0. The summed E-state index contributed by atoms with van der Waals surface area (Å²) in [5, 5.41) is 14.3. The highest BCUT2D eigenvalue weighted by molar-refractivity contribution is 5.91. The van der Waals surface area contributed by atoms with Gasteiger partial charge in [0.15, 0.2) is 5.82 Å². The number of aromatic nitrogens is 2. The minimum absolute atomic E-state index is 0.679. The zero-order valence-corrected chi connectivity index (χ0v) is 11.5. The normalized spacial score (nSPS) is 21.1. The van der Waals surface area contributed by atoms with Gasteiger partial charge in [-0.1, -0.05) is 24.3 Å². The monoisotopic (exact) mass is 269 g/mol. The van der Waals surface area contributed by atoms with Crippen molar-refractivity contribution in [2.45, 2.75) is 6.04 Å². The lowest BCUT2D eigenvalue weighted by Crippen LogP contribution is -2.63. The second-order valence-corrected chi connectivity index (χ2v) is 5.60. The Morgan fingerprint density at radius 3 is 2.75 bits per heavy atom. The molecule has 1 aromatic carbocycles. The first-order valence-electron chi connectivity index (χ1n) is 7.32. The number of hydrogen-bond donors (Lipinski definition) is 1. The van der Waals surface area contributed by atoms with Gasteiger partial charge in [0, 0.05) is 56.1 Å². The highest BCUT2D eigenvalue weighted by atomic mass is 15.4. The summed E-state index contributed by atoms with van der Waals surface area (Å²) in [7, 11) is 0. The van der Waals surface area contributed by atoms with E-state index in [2.05, 4.69) is 43.5 Å². The molecule has 0 radical (unpaired) electrons. The van der Waals surface area contributed by atoms with Crippen LogP contribution >= 0.6 is 0 Å². The summed E-state index contributed by atoms with van der Waals surface area (Å²) in [4.78, 5) is 4.94. The number of nitrogens with zero attached hydrogens (tertiary/aromatic N) is 4. The van der Waals surface area contributed by atoms with Crippen molar-refractivity contribution in [3.8, 4) is 0 Å². The van der Waals surface area contributed by atoms with Crippen LogP contribution in [0.4, 0.5) is 5.82 Å². The minimum Gasteiger partial charge on any atom is -0.351 e. The van der Waals surface area contributed by atoms with E-state index >= 15 is 0 Å². The molecule has 2 aromatic rings. The molecule has 5 heteroatoms. The Morgan fingerprint density at radius 1 is 1.10 bits per heavy atom. The predicted octanol–water partition coefficient (Wildman–Crippen LogP) is 0.724. The number of rotatable bonds is 2. The summed E-state index contributed by atoms with van der Waals surface area (Å²) in [5.74, 6) is 1.04. The van der Waals surface area contributed by atoms with Crippen molar-refractivity contribution in [1.29, 1.82) is 0 Å². The van der Waals surface area contributed by atoms with Gasteiger partial charge in [0.1, 0.15) is 0 Å². The maximum absolute atomic E-state index is 4.35. The van der Waals surface area contributed by atoms with Crippen LogP contribution in [0.25, 0.3) is 10.8 Å². The molecule has 2 saturated heterocycles. The SMILES string of the molecule is c1ccc2c(N3CC(N4CCNCC4)C3)nncc2c1. The number of benzene rings is 1. The average molecular weight is 269 g/mol. The van der Waals surface area contributed by atoms with Gasteiger partial charge in [-0.2, -0.15) is 5.10 Å². The molecular formula is C15H19N5. The van der Waals surface area contributed by atoms with Gasteiger partial charge in [0.05, 0.1) is 6.20 Å². The highest BCUT2D eigenvalue weighted by Crippen LogP contribution is 2.28. The third-order valence-electron chi connectivity index (χ3n) is 4.38. The van der Waals surface area contributed by atoms with Crippen LogP contribution in [-0.2, 0) is 0 Å². The first-order chi connectivity index (χ1) is 9.92. The standard InChI is InChI=1S/C15H19N5/c1-2-4-14-12(3-1)9-17-18-15(14)20-10-13(11-20)19-7-5-16-6-8-19/h1-4,9,13,16H,5-8,10-11H2. The van der Waals surface area contributed by atoms with Gasteiger partial charge < -0.3 is 10.2 Å². The fourth-order valence-corrected chi connectivity index (χ4v) is 3.15. The Labute approximate surface area is 118 Å². The maximum Gasteiger partial charge on any atom is 0.159 e. The van der Waals surface area contributed by atoms with Crippen LogP contribution in [0.2, 0.25) is 0 Å². The molecule has 0 saturated carbocycles. The molecular weight excluding hydrogens is 250 g/mol. The maximum atomic E-state index is 4.35. The van der Waals surface area contributed by atoms with Gasteiger partial charge in [-0.15, -0.1) is 5.10 Å². The molecule has 1 N–H and O–H groups in total. The average Bonchev–Trinajstić information content (AvgIpc) is 2.47. The smallest absolute Gasteiger partial charge is 0.159 e. The molecule has 2 fully saturated rings. The van der Waals surface area contributed by atoms with E-state index in [4.69, 9.17) is 0 Å². The number of piperazine rings is 1. The zero-order chi connectivity index (χ0) is 13.4. The van der Waals surface area contributed by atoms with Crippen LogP contribution in [0.15, 0.2) is 30.5 Å². The highest BCUT2D eigenvalue weighted by Gasteiger charge is 2.33. The molecule has 2 aliphatic heterocycles. The van der Waals surface area contributed by atoms with Crippen LogP contribution in [-0.4, -0.2) is 60.4 Å². The topological polar surface area (TPSA) is 44.3 Å². The van der Waals surface area contributed by atoms with Gasteiger partial charge in [-0.3, -0.25) is 4.90 Å². The molecule has 104 valence electrons. The molecule has 1 aromatic heterocycles. The van der Waals surface area contributed by atoms with E-state index in [0.29, 0.717) is 6.04 Å². The molecule has 20 heavy (non-hydrogen) atoms.